The van der Waals surface area contributed by atoms with Crippen molar-refractivity contribution in [1.29, 1.82) is 0 Å². The zero-order chi connectivity index (χ0) is 10.7. The summed E-state index contributed by atoms with van der Waals surface area (Å²) in [5, 5.41) is 6.18. The highest BCUT2D eigenvalue weighted by atomic mass is 79.9. The van der Waals surface area contributed by atoms with Gasteiger partial charge >= 0.3 is 0 Å². The molecule has 0 atom stereocenters. The average molecular weight is 283 g/mol. The Bertz CT molecular complexity index is 453. The third-order valence-corrected chi connectivity index (χ3v) is 3.00. The van der Waals surface area contributed by atoms with Gasteiger partial charge in [-0.25, -0.2) is 0 Å². The van der Waals surface area contributed by atoms with Gasteiger partial charge in [0.1, 0.15) is 5.69 Å². The number of Topliss-reactive ketones (excluding diaryl/α,β-unsaturated/α-hetero) is 1. The quantitative estimate of drug-likeness (QED) is 0.642. The van der Waals surface area contributed by atoms with Crippen molar-refractivity contribution in [3.05, 3.63) is 35.2 Å². The number of rotatable bonds is 3. The Morgan fingerprint density at radius 2 is 2.07 bits per heavy atom. The van der Waals surface area contributed by atoms with Crippen molar-refractivity contribution >= 4 is 33.2 Å². The normalized spacial score (nSPS) is 10.2. The minimum Gasteiger partial charge on any atom is -0.293 e. The lowest BCUT2D eigenvalue weighted by molar-refractivity contribution is 0.102. The average Bonchev–Trinajstić information content (AvgIpc) is 2.82. The Morgan fingerprint density at radius 3 is 2.60 bits per heavy atom. The summed E-state index contributed by atoms with van der Waals surface area (Å²) in [5.74, 6) is 0.0814. The number of aromatic nitrogens is 2. The number of carbonyl (C=O) groups is 1. The number of carbonyl (C=O) groups excluding carboxylic acids is 1. The van der Waals surface area contributed by atoms with Crippen LogP contribution in [0.1, 0.15) is 10.4 Å². The van der Waals surface area contributed by atoms with Gasteiger partial charge in [-0.1, -0.05) is 44.7 Å². The van der Waals surface area contributed by atoms with E-state index < -0.39 is 0 Å². The molecule has 5 heteroatoms. The van der Waals surface area contributed by atoms with Crippen molar-refractivity contribution < 1.29 is 4.79 Å². The van der Waals surface area contributed by atoms with Crippen LogP contribution in [0.5, 0.6) is 0 Å². The van der Waals surface area contributed by atoms with Crippen LogP contribution in [0.3, 0.4) is 0 Å². The fourth-order valence-electron chi connectivity index (χ4n) is 1.19. The number of halogens is 1. The second kappa shape index (κ2) is 4.63. The lowest BCUT2D eigenvalue weighted by Gasteiger charge is -1.98. The number of alkyl halides is 1. The highest BCUT2D eigenvalue weighted by Gasteiger charge is 2.05. The molecule has 0 unspecified atom stereocenters. The van der Waals surface area contributed by atoms with Gasteiger partial charge in [0.15, 0.2) is 5.78 Å². The summed E-state index contributed by atoms with van der Waals surface area (Å²) < 4.78 is 3.79. The van der Waals surface area contributed by atoms with Gasteiger partial charge < -0.3 is 0 Å². The first-order valence-electron chi connectivity index (χ1n) is 4.28. The van der Waals surface area contributed by atoms with Crippen molar-refractivity contribution in [3.8, 4) is 11.3 Å². The molecular formula is C10H7BrN2OS. The van der Waals surface area contributed by atoms with Crippen LogP contribution < -0.4 is 0 Å². The van der Waals surface area contributed by atoms with Gasteiger partial charge in [-0.15, -0.1) is 5.10 Å². The molecule has 0 spiro atoms. The minimum absolute atomic E-state index is 0.0814. The molecule has 1 aromatic heterocycles. The lowest BCUT2D eigenvalue weighted by atomic mass is 10.1. The van der Waals surface area contributed by atoms with Gasteiger partial charge in [-0.3, -0.25) is 4.79 Å². The molecule has 2 rings (SSSR count). The number of nitrogens with zero attached hydrogens (tertiary/aromatic N) is 2. The molecule has 0 aliphatic rings. The SMILES string of the molecule is O=C(CBr)c1ccc(-c2csnn2)cc1. The van der Waals surface area contributed by atoms with Gasteiger partial charge in [0.2, 0.25) is 0 Å². The molecule has 0 radical (unpaired) electrons. The summed E-state index contributed by atoms with van der Waals surface area (Å²) in [4.78, 5) is 11.3. The van der Waals surface area contributed by atoms with E-state index in [4.69, 9.17) is 0 Å². The Kier molecular flexibility index (Phi) is 3.23. The molecule has 0 fully saturated rings. The number of ketones is 1. The molecule has 0 aliphatic heterocycles. The molecular weight excluding hydrogens is 276 g/mol. The van der Waals surface area contributed by atoms with Crippen molar-refractivity contribution in [3.63, 3.8) is 0 Å². The van der Waals surface area contributed by atoms with Crippen molar-refractivity contribution in [2.45, 2.75) is 0 Å². The van der Waals surface area contributed by atoms with E-state index in [9.17, 15) is 4.79 Å². The minimum atomic E-state index is 0.0814. The van der Waals surface area contributed by atoms with Crippen LogP contribution in [0.25, 0.3) is 11.3 Å². The van der Waals surface area contributed by atoms with Gasteiger partial charge in [-0.05, 0) is 11.5 Å². The van der Waals surface area contributed by atoms with E-state index in [1.165, 1.54) is 11.5 Å². The molecule has 1 aromatic carbocycles. The van der Waals surface area contributed by atoms with E-state index in [1.54, 1.807) is 12.1 Å². The fourth-order valence-corrected chi connectivity index (χ4v) is 1.98. The van der Waals surface area contributed by atoms with Gasteiger partial charge in [-0.2, -0.15) is 0 Å². The zero-order valence-corrected chi connectivity index (χ0v) is 10.1. The smallest absolute Gasteiger partial charge is 0.173 e. The molecule has 76 valence electrons. The van der Waals surface area contributed by atoms with E-state index in [-0.39, 0.29) is 5.78 Å². The molecule has 0 saturated heterocycles. The summed E-state index contributed by atoms with van der Waals surface area (Å²) in [6.07, 6.45) is 0. The van der Waals surface area contributed by atoms with E-state index in [2.05, 4.69) is 25.5 Å². The van der Waals surface area contributed by atoms with E-state index in [0.29, 0.717) is 10.9 Å². The molecule has 15 heavy (non-hydrogen) atoms. The van der Waals surface area contributed by atoms with Gasteiger partial charge in [0.25, 0.3) is 0 Å². The monoisotopic (exact) mass is 282 g/mol. The summed E-state index contributed by atoms with van der Waals surface area (Å²) in [6, 6.07) is 7.37. The molecule has 0 saturated carbocycles. The van der Waals surface area contributed by atoms with Gasteiger partial charge in [0.05, 0.1) is 5.33 Å². The zero-order valence-electron chi connectivity index (χ0n) is 7.68. The van der Waals surface area contributed by atoms with Crippen LogP contribution >= 0.6 is 27.5 Å². The Balaban J connectivity index is 2.29. The molecule has 1 heterocycles. The van der Waals surface area contributed by atoms with Crippen LogP contribution in [-0.2, 0) is 0 Å². The molecule has 3 nitrogen and oxygen atoms in total. The first-order valence-corrected chi connectivity index (χ1v) is 6.23. The highest BCUT2D eigenvalue weighted by molar-refractivity contribution is 9.09. The number of hydrogen-bond donors (Lipinski definition) is 0. The summed E-state index contributed by atoms with van der Waals surface area (Å²) >= 11 is 4.45. The maximum absolute atomic E-state index is 11.3. The number of benzene rings is 1. The van der Waals surface area contributed by atoms with Crippen molar-refractivity contribution in [2.75, 3.05) is 5.33 Å². The maximum atomic E-state index is 11.3. The Hall–Kier alpha value is -1.07. The molecule has 0 amide bonds. The highest BCUT2D eigenvalue weighted by Crippen LogP contribution is 2.18. The Labute approximate surface area is 99.4 Å². The van der Waals surface area contributed by atoms with Crippen LogP contribution in [0.15, 0.2) is 29.6 Å². The van der Waals surface area contributed by atoms with E-state index in [1.807, 2.05) is 17.5 Å². The second-order valence-corrected chi connectivity index (χ2v) is 4.09. The maximum Gasteiger partial charge on any atom is 0.173 e. The van der Waals surface area contributed by atoms with Crippen LogP contribution in [0.2, 0.25) is 0 Å². The predicted octanol–water partition coefficient (Wildman–Crippen LogP) is 2.78. The second-order valence-electron chi connectivity index (χ2n) is 2.92. The standard InChI is InChI=1S/C10H7BrN2OS/c11-5-10(14)8-3-1-7(2-4-8)9-6-15-13-12-9/h1-4,6H,5H2. The van der Waals surface area contributed by atoms with Gasteiger partial charge in [0, 0.05) is 16.5 Å². The summed E-state index contributed by atoms with van der Waals surface area (Å²) in [6.45, 7) is 0. The molecule has 0 aliphatic carbocycles. The summed E-state index contributed by atoms with van der Waals surface area (Å²) in [7, 11) is 0. The molecule has 0 bridgehead atoms. The predicted molar refractivity (Wildman–Crippen MR) is 63.5 cm³/mol. The Morgan fingerprint density at radius 1 is 1.33 bits per heavy atom. The van der Waals surface area contributed by atoms with E-state index in [0.717, 1.165) is 11.3 Å². The van der Waals surface area contributed by atoms with E-state index >= 15 is 0 Å². The third kappa shape index (κ3) is 2.30. The van der Waals surface area contributed by atoms with Crippen LogP contribution in [-0.4, -0.2) is 20.7 Å². The van der Waals surface area contributed by atoms with Crippen molar-refractivity contribution in [2.24, 2.45) is 0 Å². The summed E-state index contributed by atoms with van der Waals surface area (Å²) in [5.41, 5.74) is 2.53. The molecule has 0 N–H and O–H groups in total. The van der Waals surface area contributed by atoms with Crippen molar-refractivity contribution in [1.82, 2.24) is 9.59 Å². The first kappa shape index (κ1) is 10.4. The molecule has 2 aromatic rings. The topological polar surface area (TPSA) is 42.9 Å². The first-order chi connectivity index (χ1) is 7.31. The largest absolute Gasteiger partial charge is 0.293 e. The van der Waals surface area contributed by atoms with Crippen LogP contribution in [0, 0.1) is 0 Å². The van der Waals surface area contributed by atoms with Crippen LogP contribution in [0.4, 0.5) is 0 Å². The lowest BCUT2D eigenvalue weighted by Crippen LogP contribution is -1.98. The third-order valence-electron chi connectivity index (χ3n) is 1.98. The fraction of sp³-hybridized carbons (Fsp3) is 0.100. The number of hydrogen-bond acceptors (Lipinski definition) is 4.